The van der Waals surface area contributed by atoms with Gasteiger partial charge in [-0.1, -0.05) is 23.7 Å². The number of carbonyl (C=O) groups excluding carboxylic acids is 1. The average molecular weight is 258 g/mol. The summed E-state index contributed by atoms with van der Waals surface area (Å²) in [6, 6.07) is 7.04. The average Bonchev–Trinajstić information content (AvgIpc) is 3.07. The topological polar surface area (TPSA) is 29.1 Å². The summed E-state index contributed by atoms with van der Waals surface area (Å²) < 4.78 is 0. The van der Waals surface area contributed by atoms with E-state index in [9.17, 15) is 4.79 Å². The number of halogens is 2. The number of alkyl halides is 1. The summed E-state index contributed by atoms with van der Waals surface area (Å²) in [5, 5.41) is 3.37. The lowest BCUT2D eigenvalue weighted by molar-refractivity contribution is 0.0946. The molecule has 1 saturated carbocycles. The first-order valence-corrected chi connectivity index (χ1v) is 6.17. The summed E-state index contributed by atoms with van der Waals surface area (Å²) in [7, 11) is 0. The second-order valence-electron chi connectivity index (χ2n) is 4.30. The van der Waals surface area contributed by atoms with Gasteiger partial charge >= 0.3 is 0 Å². The van der Waals surface area contributed by atoms with Crippen molar-refractivity contribution in [3.8, 4) is 0 Å². The number of benzene rings is 1. The van der Waals surface area contributed by atoms with Crippen molar-refractivity contribution in [2.75, 3.05) is 12.4 Å². The molecule has 0 saturated heterocycles. The van der Waals surface area contributed by atoms with Gasteiger partial charge in [0.1, 0.15) is 0 Å². The molecule has 0 unspecified atom stereocenters. The van der Waals surface area contributed by atoms with E-state index in [2.05, 4.69) is 5.32 Å². The summed E-state index contributed by atoms with van der Waals surface area (Å²) in [4.78, 5) is 11.8. The summed E-state index contributed by atoms with van der Waals surface area (Å²) in [6.07, 6.45) is 2.19. The molecule has 2 nitrogen and oxygen atoms in total. The van der Waals surface area contributed by atoms with Crippen molar-refractivity contribution in [3.05, 3.63) is 34.9 Å². The fourth-order valence-corrected chi connectivity index (χ4v) is 2.13. The van der Waals surface area contributed by atoms with Crippen LogP contribution in [0.5, 0.6) is 0 Å². The van der Waals surface area contributed by atoms with E-state index in [1.807, 2.05) is 0 Å². The molecule has 0 atom stereocenters. The Morgan fingerprint density at radius 1 is 1.38 bits per heavy atom. The van der Waals surface area contributed by atoms with Gasteiger partial charge in [0.25, 0.3) is 5.91 Å². The van der Waals surface area contributed by atoms with E-state index in [0.717, 1.165) is 12.8 Å². The minimum atomic E-state index is -0.123. The highest BCUT2D eigenvalue weighted by Crippen LogP contribution is 2.45. The van der Waals surface area contributed by atoms with E-state index in [1.54, 1.807) is 24.3 Å². The number of rotatable bonds is 4. The number of carbonyl (C=O) groups is 1. The van der Waals surface area contributed by atoms with Crippen LogP contribution in [0.25, 0.3) is 0 Å². The first-order valence-electron chi connectivity index (χ1n) is 5.26. The monoisotopic (exact) mass is 257 g/mol. The van der Waals surface area contributed by atoms with Gasteiger partial charge in [0.15, 0.2) is 0 Å². The molecule has 1 aliphatic carbocycles. The van der Waals surface area contributed by atoms with Gasteiger partial charge in [-0.25, -0.2) is 0 Å². The quantitative estimate of drug-likeness (QED) is 0.826. The predicted molar refractivity (Wildman–Crippen MR) is 66.2 cm³/mol. The first kappa shape index (κ1) is 11.7. The largest absolute Gasteiger partial charge is 0.351 e. The first-order chi connectivity index (χ1) is 7.67. The normalized spacial score (nSPS) is 16.9. The second-order valence-corrected chi connectivity index (χ2v) is 4.97. The maximum atomic E-state index is 11.8. The molecule has 4 heteroatoms. The van der Waals surface area contributed by atoms with Crippen LogP contribution >= 0.6 is 23.2 Å². The van der Waals surface area contributed by atoms with E-state index in [1.165, 1.54) is 0 Å². The van der Waals surface area contributed by atoms with Crippen molar-refractivity contribution in [2.45, 2.75) is 12.8 Å². The molecular formula is C12H13Cl2NO. The van der Waals surface area contributed by atoms with Crippen LogP contribution in [0, 0.1) is 5.41 Å². The van der Waals surface area contributed by atoms with Crippen LogP contribution in [0.1, 0.15) is 23.2 Å². The molecule has 1 fully saturated rings. The van der Waals surface area contributed by atoms with Crippen LogP contribution in [0.2, 0.25) is 5.02 Å². The molecule has 2 rings (SSSR count). The fraction of sp³-hybridized carbons (Fsp3) is 0.417. The lowest BCUT2D eigenvalue weighted by atomic mass is 10.1. The maximum Gasteiger partial charge on any atom is 0.252 e. The summed E-state index contributed by atoms with van der Waals surface area (Å²) >= 11 is 11.8. The second kappa shape index (κ2) is 4.64. The highest BCUT2D eigenvalue weighted by atomic mass is 35.5. The van der Waals surface area contributed by atoms with E-state index in [-0.39, 0.29) is 11.3 Å². The Kier molecular flexibility index (Phi) is 3.41. The summed E-state index contributed by atoms with van der Waals surface area (Å²) in [6.45, 7) is 0.639. The van der Waals surface area contributed by atoms with Gasteiger partial charge in [-0.2, -0.15) is 0 Å². The number of amides is 1. The zero-order valence-electron chi connectivity index (χ0n) is 8.80. The lowest BCUT2D eigenvalue weighted by Crippen LogP contribution is -2.31. The van der Waals surface area contributed by atoms with Crippen LogP contribution in [0.3, 0.4) is 0 Å². The minimum absolute atomic E-state index is 0.123. The minimum Gasteiger partial charge on any atom is -0.351 e. The summed E-state index contributed by atoms with van der Waals surface area (Å²) in [5.74, 6) is 0.484. The predicted octanol–water partition coefficient (Wildman–Crippen LogP) is 3.09. The number of nitrogens with one attached hydrogen (secondary N) is 1. The Bertz CT molecular complexity index is 402. The molecule has 0 aliphatic heterocycles. The number of hydrogen-bond donors (Lipinski definition) is 1. The van der Waals surface area contributed by atoms with Gasteiger partial charge in [-0.05, 0) is 25.0 Å². The number of hydrogen-bond acceptors (Lipinski definition) is 1. The van der Waals surface area contributed by atoms with Gasteiger partial charge in [0.05, 0.1) is 10.6 Å². The SMILES string of the molecule is O=C(NCC1(CCl)CC1)c1ccccc1Cl. The van der Waals surface area contributed by atoms with E-state index >= 15 is 0 Å². The third kappa shape index (κ3) is 2.50. The summed E-state index contributed by atoms with van der Waals surface area (Å²) in [5.41, 5.74) is 0.660. The molecule has 0 heterocycles. The lowest BCUT2D eigenvalue weighted by Gasteiger charge is -2.12. The highest BCUT2D eigenvalue weighted by Gasteiger charge is 2.41. The third-order valence-electron chi connectivity index (χ3n) is 2.98. The third-order valence-corrected chi connectivity index (χ3v) is 3.88. The van der Waals surface area contributed by atoms with Gasteiger partial charge in [-0.15, -0.1) is 11.6 Å². The van der Waals surface area contributed by atoms with E-state index < -0.39 is 0 Å². The van der Waals surface area contributed by atoms with E-state index in [0.29, 0.717) is 23.0 Å². The Morgan fingerprint density at radius 2 is 2.06 bits per heavy atom. The van der Waals surface area contributed by atoms with Gasteiger partial charge in [-0.3, -0.25) is 4.79 Å². The Morgan fingerprint density at radius 3 is 2.62 bits per heavy atom. The van der Waals surface area contributed by atoms with Crippen LogP contribution in [-0.4, -0.2) is 18.3 Å². The zero-order chi connectivity index (χ0) is 11.6. The molecule has 16 heavy (non-hydrogen) atoms. The Hall–Kier alpha value is -0.730. The molecule has 1 N–H and O–H groups in total. The van der Waals surface area contributed by atoms with Crippen molar-refractivity contribution >= 4 is 29.1 Å². The molecule has 1 aliphatic rings. The maximum absolute atomic E-state index is 11.8. The molecule has 1 amide bonds. The van der Waals surface area contributed by atoms with Crippen LogP contribution < -0.4 is 5.32 Å². The Labute approximate surface area is 105 Å². The van der Waals surface area contributed by atoms with Crippen molar-refractivity contribution in [1.82, 2.24) is 5.32 Å². The highest BCUT2D eigenvalue weighted by molar-refractivity contribution is 6.33. The van der Waals surface area contributed by atoms with Gasteiger partial charge in [0, 0.05) is 17.8 Å². The van der Waals surface area contributed by atoms with Crippen molar-refractivity contribution in [3.63, 3.8) is 0 Å². The van der Waals surface area contributed by atoms with Crippen molar-refractivity contribution < 1.29 is 4.79 Å². The van der Waals surface area contributed by atoms with Crippen molar-refractivity contribution in [1.29, 1.82) is 0 Å². The van der Waals surface area contributed by atoms with E-state index in [4.69, 9.17) is 23.2 Å². The molecular weight excluding hydrogens is 245 g/mol. The molecule has 1 aromatic rings. The zero-order valence-corrected chi connectivity index (χ0v) is 10.3. The van der Waals surface area contributed by atoms with Crippen LogP contribution in [-0.2, 0) is 0 Å². The fourth-order valence-electron chi connectivity index (χ4n) is 1.54. The van der Waals surface area contributed by atoms with Gasteiger partial charge in [0.2, 0.25) is 0 Å². The molecule has 86 valence electrons. The van der Waals surface area contributed by atoms with Crippen molar-refractivity contribution in [2.24, 2.45) is 5.41 Å². The van der Waals surface area contributed by atoms with Crippen LogP contribution in [0.4, 0.5) is 0 Å². The Balaban J connectivity index is 1.96. The standard InChI is InChI=1S/C12H13Cl2NO/c13-7-12(5-6-12)8-15-11(16)9-3-1-2-4-10(9)14/h1-4H,5-8H2,(H,15,16). The smallest absolute Gasteiger partial charge is 0.252 e. The molecule has 1 aromatic carbocycles. The van der Waals surface area contributed by atoms with Gasteiger partial charge < -0.3 is 5.32 Å². The van der Waals surface area contributed by atoms with Crippen LogP contribution in [0.15, 0.2) is 24.3 Å². The molecule has 0 radical (unpaired) electrons. The molecule has 0 aromatic heterocycles. The molecule has 0 spiro atoms. The molecule has 0 bridgehead atoms.